The van der Waals surface area contributed by atoms with Gasteiger partial charge < -0.3 is 5.11 Å². The van der Waals surface area contributed by atoms with Crippen molar-refractivity contribution in [3.05, 3.63) is 108 Å². The minimum absolute atomic E-state index is 0.750. The molecule has 0 aromatic heterocycles. The maximum absolute atomic E-state index is 12.4. The molecule has 24 heavy (non-hydrogen) atoms. The number of benzene rings is 3. The van der Waals surface area contributed by atoms with Gasteiger partial charge in [0.05, 0.1) is 0 Å². The van der Waals surface area contributed by atoms with E-state index in [9.17, 15) is 9.90 Å². The van der Waals surface area contributed by atoms with Gasteiger partial charge in [0.1, 0.15) is 5.41 Å². The van der Waals surface area contributed by atoms with Crippen molar-refractivity contribution in [3.63, 3.8) is 0 Å². The van der Waals surface area contributed by atoms with Gasteiger partial charge in [0, 0.05) is 0 Å². The molecule has 0 bridgehead atoms. The predicted octanol–water partition coefficient (Wildman–Crippen LogP) is 3.98. The van der Waals surface area contributed by atoms with Gasteiger partial charge in [-0.25, -0.2) is 0 Å². The number of hydrogen-bond donors (Lipinski definition) is 1. The molecule has 0 radical (unpaired) electrons. The van der Waals surface area contributed by atoms with E-state index in [-0.39, 0.29) is 0 Å². The van der Waals surface area contributed by atoms with E-state index in [0.717, 1.165) is 34.1 Å². The van der Waals surface area contributed by atoms with Crippen LogP contribution in [0, 0.1) is 0 Å². The molecule has 3 aromatic carbocycles. The Labute approximate surface area is 150 Å². The van der Waals surface area contributed by atoms with Crippen LogP contribution < -0.4 is 0 Å². The van der Waals surface area contributed by atoms with Crippen LogP contribution >= 0.6 is 0 Å². The summed E-state index contributed by atoms with van der Waals surface area (Å²) in [5.41, 5.74) is 1.05. The first kappa shape index (κ1) is 17.9. The predicted molar refractivity (Wildman–Crippen MR) is 87.5 cm³/mol. The van der Waals surface area contributed by atoms with Crippen molar-refractivity contribution < 1.29 is 30.9 Å². The number of carbonyl (C=O) groups is 1. The van der Waals surface area contributed by atoms with Gasteiger partial charge >= 0.3 is 27.0 Å². The normalized spacial score (nSPS) is 10.3. The van der Waals surface area contributed by atoms with Crippen molar-refractivity contribution in [2.75, 3.05) is 0 Å². The molecule has 0 aliphatic heterocycles. The Hall–Kier alpha value is -2.49. The van der Waals surface area contributed by atoms with Gasteiger partial charge in [-0.3, -0.25) is 4.79 Å². The first-order valence-corrected chi connectivity index (χ1v) is 7.91. The zero-order valence-electron chi connectivity index (χ0n) is 12.9. The Morgan fingerprint density at radius 1 is 0.625 bits per heavy atom. The molecule has 0 aliphatic carbocycles. The third-order valence-corrected chi connectivity index (χ3v) is 3.94. The molecule has 3 nitrogen and oxygen atoms in total. The van der Waals surface area contributed by atoms with Gasteiger partial charge in [-0.2, -0.15) is 0 Å². The summed E-state index contributed by atoms with van der Waals surface area (Å²) in [7, 11) is 0. The summed E-state index contributed by atoms with van der Waals surface area (Å²) in [6.07, 6.45) is 0. The quantitative estimate of drug-likeness (QED) is 0.720. The molecule has 3 aromatic rings. The van der Waals surface area contributed by atoms with Crippen molar-refractivity contribution in [3.8, 4) is 0 Å². The third kappa shape index (κ3) is 3.23. The van der Waals surface area contributed by atoms with E-state index >= 15 is 0 Å². The molecule has 0 saturated heterocycles. The molecule has 4 heteroatoms. The molecule has 0 heterocycles. The number of hydrogen-bond acceptors (Lipinski definition) is 2. The van der Waals surface area contributed by atoms with Crippen LogP contribution in [0.5, 0.6) is 0 Å². The average molecular weight is 355 g/mol. The average Bonchev–Trinajstić information content (AvgIpc) is 2.66. The van der Waals surface area contributed by atoms with E-state index in [4.69, 9.17) is 3.67 Å². The Balaban J connectivity index is 0.00000100. The third-order valence-electron chi connectivity index (χ3n) is 3.94. The summed E-state index contributed by atoms with van der Waals surface area (Å²) < 4.78 is 8.19. The summed E-state index contributed by atoms with van der Waals surface area (Å²) in [6, 6.07) is 28.1. The standard InChI is InChI=1S/C20H16O2.O.V/c21-19(22)20(16-10-4-1-5-11-16,17-12-6-2-7-13-17)18-14-8-3-9-15-18;;/h1-15H,(H,21,22);;. The summed E-state index contributed by atoms with van der Waals surface area (Å²) in [4.78, 5) is 12.4. The minimum atomic E-state index is -1.20. The molecule has 1 N–H and O–H groups in total. The van der Waals surface area contributed by atoms with E-state index in [2.05, 4.69) is 0 Å². The van der Waals surface area contributed by atoms with Gasteiger partial charge in [0.15, 0.2) is 0 Å². The van der Waals surface area contributed by atoms with Crippen molar-refractivity contribution >= 4 is 5.97 Å². The maximum atomic E-state index is 12.4. The van der Waals surface area contributed by atoms with Crippen molar-refractivity contribution in [1.82, 2.24) is 0 Å². The number of rotatable bonds is 4. The molecular weight excluding hydrogens is 339 g/mol. The Bertz CT molecular complexity index is 677. The molecule has 0 spiro atoms. The fraction of sp³-hybridized carbons (Fsp3) is 0.0500. The summed E-state index contributed by atoms with van der Waals surface area (Å²) in [6.45, 7) is 0. The monoisotopic (exact) mass is 355 g/mol. The van der Waals surface area contributed by atoms with E-state index in [1.54, 1.807) is 0 Å². The van der Waals surface area contributed by atoms with E-state index in [0.29, 0.717) is 0 Å². The molecule has 0 amide bonds. The summed E-state index contributed by atoms with van der Waals surface area (Å²) in [5, 5.41) is 10.2. The van der Waals surface area contributed by atoms with E-state index in [1.807, 2.05) is 91.0 Å². The van der Waals surface area contributed by atoms with E-state index in [1.165, 1.54) is 0 Å². The number of aliphatic carboxylic acids is 1. The van der Waals surface area contributed by atoms with Crippen LogP contribution in [0.25, 0.3) is 0 Å². The molecule has 0 atom stereocenters. The number of carboxylic acids is 1. The van der Waals surface area contributed by atoms with Gasteiger partial charge in [0.2, 0.25) is 0 Å². The van der Waals surface area contributed by atoms with Crippen LogP contribution in [0.3, 0.4) is 0 Å². The van der Waals surface area contributed by atoms with Crippen LogP contribution in [0.15, 0.2) is 91.0 Å². The van der Waals surface area contributed by atoms with Crippen LogP contribution in [0.1, 0.15) is 16.7 Å². The van der Waals surface area contributed by atoms with Crippen molar-refractivity contribution in [2.24, 2.45) is 0 Å². The second-order valence-electron chi connectivity index (χ2n) is 5.15. The zero-order valence-corrected chi connectivity index (χ0v) is 14.3. The molecule has 119 valence electrons. The Kier molecular flexibility index (Phi) is 6.24. The SMILES string of the molecule is O=C(O)C(c1ccccc1)(c1ccccc1)c1ccccc1.[O]=[V]. The van der Waals surface area contributed by atoms with Crippen LogP contribution in [0.2, 0.25) is 0 Å². The molecule has 0 saturated carbocycles. The molecule has 0 aliphatic rings. The van der Waals surface area contributed by atoms with Crippen molar-refractivity contribution in [2.45, 2.75) is 5.41 Å². The fourth-order valence-electron chi connectivity index (χ4n) is 2.93. The first-order valence-electron chi connectivity index (χ1n) is 7.34. The summed E-state index contributed by atoms with van der Waals surface area (Å²) in [5.74, 6) is -0.879. The van der Waals surface area contributed by atoms with Crippen LogP contribution in [-0.2, 0) is 31.3 Å². The van der Waals surface area contributed by atoms with Crippen molar-refractivity contribution in [1.29, 1.82) is 0 Å². The van der Waals surface area contributed by atoms with Gasteiger partial charge in [-0.05, 0) is 16.7 Å². The Morgan fingerprint density at radius 2 is 0.875 bits per heavy atom. The van der Waals surface area contributed by atoms with Gasteiger partial charge in [-0.15, -0.1) is 0 Å². The fourth-order valence-corrected chi connectivity index (χ4v) is 2.93. The van der Waals surface area contributed by atoms with Crippen LogP contribution in [-0.4, -0.2) is 11.1 Å². The van der Waals surface area contributed by atoms with Gasteiger partial charge in [0.25, 0.3) is 0 Å². The summed E-state index contributed by atoms with van der Waals surface area (Å²) >= 11 is 1.06. The molecular formula is C20H16O3V. The topological polar surface area (TPSA) is 54.4 Å². The first-order chi connectivity index (χ1) is 11.8. The molecule has 3 rings (SSSR count). The Morgan fingerprint density at radius 3 is 1.08 bits per heavy atom. The molecule has 0 fully saturated rings. The van der Waals surface area contributed by atoms with Gasteiger partial charge in [-0.1, -0.05) is 91.0 Å². The molecule has 0 unspecified atom stereocenters. The second kappa shape index (κ2) is 8.39. The van der Waals surface area contributed by atoms with E-state index < -0.39 is 11.4 Å². The number of carboxylic acid groups (broad SMARTS) is 1. The van der Waals surface area contributed by atoms with Crippen LogP contribution in [0.4, 0.5) is 0 Å². The zero-order chi connectivity index (χ0) is 17.4. The second-order valence-corrected chi connectivity index (χ2v) is 5.15.